The summed E-state index contributed by atoms with van der Waals surface area (Å²) in [4.78, 5) is 13.7. The lowest BCUT2D eigenvalue weighted by atomic mass is 9.97. The van der Waals surface area contributed by atoms with Crippen molar-refractivity contribution in [3.8, 4) is 11.3 Å². The number of aromatic nitrogens is 3. The van der Waals surface area contributed by atoms with E-state index in [1.54, 1.807) is 12.1 Å². The summed E-state index contributed by atoms with van der Waals surface area (Å²) in [5.41, 5.74) is 6.34. The molecule has 182 valence electrons. The maximum atomic E-state index is 13.7. The van der Waals surface area contributed by atoms with Gasteiger partial charge in [0.2, 0.25) is 0 Å². The molecular formula is C29H33FN4O. The summed E-state index contributed by atoms with van der Waals surface area (Å²) in [6.45, 7) is 5.07. The molecule has 4 rings (SSSR count). The van der Waals surface area contributed by atoms with Crippen LogP contribution in [0.3, 0.4) is 0 Å². The minimum Gasteiger partial charge on any atom is -0.396 e. The number of allylic oxidation sites excluding steroid dienone is 2. The van der Waals surface area contributed by atoms with Crippen LogP contribution in [0.15, 0.2) is 65.9 Å². The molecule has 1 aromatic carbocycles. The molecule has 0 aliphatic carbocycles. The van der Waals surface area contributed by atoms with E-state index in [1.807, 2.05) is 31.6 Å². The number of aliphatic imine (C=N–C) groups is 1. The molecule has 3 aromatic rings. The average molecular weight is 473 g/mol. The number of aliphatic hydroxyl groups excluding tert-OH is 1. The van der Waals surface area contributed by atoms with E-state index in [0.717, 1.165) is 60.6 Å². The number of nitrogens with zero attached hydrogens (tertiary/aromatic N) is 4. The normalized spacial score (nSPS) is 15.9. The summed E-state index contributed by atoms with van der Waals surface area (Å²) < 4.78 is 16.0. The smallest absolute Gasteiger partial charge is 0.136 e. The molecule has 0 amide bonds. The van der Waals surface area contributed by atoms with Crippen LogP contribution in [-0.4, -0.2) is 38.5 Å². The molecule has 0 spiro atoms. The zero-order valence-electron chi connectivity index (χ0n) is 20.5. The van der Waals surface area contributed by atoms with Gasteiger partial charge in [-0.2, -0.15) is 0 Å². The monoisotopic (exact) mass is 472 g/mol. The Hall–Kier alpha value is -3.38. The zero-order valence-corrected chi connectivity index (χ0v) is 20.5. The van der Waals surface area contributed by atoms with E-state index in [-0.39, 0.29) is 18.5 Å². The van der Waals surface area contributed by atoms with Crippen molar-refractivity contribution in [3.63, 3.8) is 0 Å². The van der Waals surface area contributed by atoms with Gasteiger partial charge >= 0.3 is 0 Å². The summed E-state index contributed by atoms with van der Waals surface area (Å²) in [5, 5.41) is 9.37. The Morgan fingerprint density at radius 2 is 1.91 bits per heavy atom. The van der Waals surface area contributed by atoms with Crippen molar-refractivity contribution in [2.75, 3.05) is 6.61 Å². The third kappa shape index (κ3) is 6.20. The van der Waals surface area contributed by atoms with Gasteiger partial charge in [0.25, 0.3) is 0 Å². The van der Waals surface area contributed by atoms with Gasteiger partial charge in [0.05, 0.1) is 17.4 Å². The van der Waals surface area contributed by atoms with Crippen LogP contribution in [-0.2, 0) is 13.0 Å². The predicted molar refractivity (Wildman–Crippen MR) is 141 cm³/mol. The molecular weight excluding hydrogens is 439 g/mol. The lowest BCUT2D eigenvalue weighted by molar-refractivity contribution is 0.302. The summed E-state index contributed by atoms with van der Waals surface area (Å²) in [7, 11) is 0. The van der Waals surface area contributed by atoms with Gasteiger partial charge in [0, 0.05) is 37.3 Å². The van der Waals surface area contributed by atoms with Gasteiger partial charge in [-0.15, -0.1) is 0 Å². The highest BCUT2D eigenvalue weighted by Gasteiger charge is 2.24. The van der Waals surface area contributed by atoms with Gasteiger partial charge in [-0.1, -0.05) is 6.08 Å². The van der Waals surface area contributed by atoms with Crippen LogP contribution in [0.5, 0.6) is 0 Å². The number of dihydropyridines is 1. The fraction of sp³-hybridized carbons (Fsp3) is 0.345. The summed E-state index contributed by atoms with van der Waals surface area (Å²) in [5.74, 6) is 0.635. The number of halogens is 1. The van der Waals surface area contributed by atoms with E-state index < -0.39 is 0 Å². The third-order valence-corrected chi connectivity index (χ3v) is 6.30. The van der Waals surface area contributed by atoms with Crippen molar-refractivity contribution in [3.05, 3.63) is 83.8 Å². The number of benzene rings is 1. The highest BCUT2D eigenvalue weighted by atomic mass is 19.1. The van der Waals surface area contributed by atoms with Gasteiger partial charge in [-0.25, -0.2) is 9.37 Å². The first kappa shape index (κ1) is 24.7. The van der Waals surface area contributed by atoms with E-state index in [9.17, 15) is 9.50 Å². The molecule has 0 saturated carbocycles. The Morgan fingerprint density at radius 1 is 1.14 bits per heavy atom. The highest BCUT2D eigenvalue weighted by Crippen LogP contribution is 2.35. The minimum absolute atomic E-state index is 0.0980. The molecule has 35 heavy (non-hydrogen) atoms. The Bertz CT molecular complexity index is 1210. The Kier molecular flexibility index (Phi) is 8.37. The van der Waals surface area contributed by atoms with Crippen LogP contribution in [0.25, 0.3) is 22.4 Å². The molecule has 5 nitrogen and oxygen atoms in total. The lowest BCUT2D eigenvalue weighted by Crippen LogP contribution is -2.12. The van der Waals surface area contributed by atoms with Crippen LogP contribution in [0.2, 0.25) is 0 Å². The largest absolute Gasteiger partial charge is 0.396 e. The fourth-order valence-electron chi connectivity index (χ4n) is 4.52. The van der Waals surface area contributed by atoms with Gasteiger partial charge in [-0.05, 0) is 105 Å². The maximum absolute atomic E-state index is 13.7. The van der Waals surface area contributed by atoms with E-state index in [1.165, 1.54) is 23.3 Å². The van der Waals surface area contributed by atoms with E-state index in [2.05, 4.69) is 39.7 Å². The van der Waals surface area contributed by atoms with E-state index >= 15 is 0 Å². The molecule has 6 heteroatoms. The van der Waals surface area contributed by atoms with Gasteiger partial charge in [-0.3, -0.25) is 9.98 Å². The first-order valence-corrected chi connectivity index (χ1v) is 12.3. The van der Waals surface area contributed by atoms with Crippen molar-refractivity contribution in [2.24, 2.45) is 4.99 Å². The second-order valence-corrected chi connectivity index (χ2v) is 9.05. The topological polar surface area (TPSA) is 63.3 Å². The van der Waals surface area contributed by atoms with Crippen LogP contribution >= 0.6 is 0 Å². The molecule has 0 radical (unpaired) electrons. The summed E-state index contributed by atoms with van der Waals surface area (Å²) in [6.07, 6.45) is 14.1. The molecule has 1 N–H and O–H groups in total. The van der Waals surface area contributed by atoms with E-state index in [0.29, 0.717) is 6.42 Å². The standard InChI is InChI=1S/C29H33FN4O/c1-21(6-5-19-35)29-33-27(24-8-10-26(30)11-9-24)28(25-14-17-32-22(2)20-25)34(29)18-4-3-7-23-12-15-31-16-13-23/h6,8-17,22,35H,3-5,7,18-20H2,1-2H3/b21-6-. The van der Waals surface area contributed by atoms with Crippen LogP contribution < -0.4 is 0 Å². The third-order valence-electron chi connectivity index (χ3n) is 6.30. The Balaban J connectivity index is 1.74. The Labute approximate surface area is 206 Å². The maximum Gasteiger partial charge on any atom is 0.136 e. The molecule has 0 bridgehead atoms. The summed E-state index contributed by atoms with van der Waals surface area (Å²) in [6, 6.07) is 10.9. The number of imidazole rings is 1. The van der Waals surface area contributed by atoms with Gasteiger partial charge < -0.3 is 9.67 Å². The number of hydrogen-bond acceptors (Lipinski definition) is 4. The van der Waals surface area contributed by atoms with Gasteiger partial charge in [0.1, 0.15) is 11.6 Å². The predicted octanol–water partition coefficient (Wildman–Crippen LogP) is 6.14. The molecule has 2 aromatic heterocycles. The summed E-state index contributed by atoms with van der Waals surface area (Å²) >= 11 is 0. The second-order valence-electron chi connectivity index (χ2n) is 9.05. The van der Waals surface area contributed by atoms with Crippen LogP contribution in [0.4, 0.5) is 4.39 Å². The van der Waals surface area contributed by atoms with Gasteiger partial charge in [0.15, 0.2) is 0 Å². The molecule has 1 aliphatic rings. The van der Waals surface area contributed by atoms with Crippen molar-refractivity contribution >= 4 is 17.4 Å². The van der Waals surface area contributed by atoms with Crippen molar-refractivity contribution in [2.45, 2.75) is 58.5 Å². The van der Waals surface area contributed by atoms with E-state index in [4.69, 9.17) is 4.98 Å². The average Bonchev–Trinajstić information content (AvgIpc) is 3.26. The molecule has 1 aliphatic heterocycles. The number of aryl methyl sites for hydroxylation is 1. The number of rotatable bonds is 10. The lowest BCUT2D eigenvalue weighted by Gasteiger charge is -2.19. The fourth-order valence-corrected chi connectivity index (χ4v) is 4.52. The first-order valence-electron chi connectivity index (χ1n) is 12.3. The Morgan fingerprint density at radius 3 is 2.63 bits per heavy atom. The SMILES string of the molecule is C/C(=C/CCO)c1nc(-c2ccc(F)cc2)c(C2=CC=NC(C)C2)n1CCCCc1ccncc1. The molecule has 1 atom stereocenters. The number of unbranched alkanes of at least 4 members (excludes halogenated alkanes) is 1. The zero-order chi connectivity index (χ0) is 24.6. The molecule has 0 saturated heterocycles. The molecule has 3 heterocycles. The molecule has 0 fully saturated rings. The minimum atomic E-state index is -0.261. The molecule has 1 unspecified atom stereocenters. The highest BCUT2D eigenvalue weighted by molar-refractivity contribution is 5.90. The quantitative estimate of drug-likeness (QED) is 0.361. The van der Waals surface area contributed by atoms with Crippen molar-refractivity contribution < 1.29 is 9.50 Å². The number of hydrogen-bond donors (Lipinski definition) is 1. The number of aliphatic hydroxyl groups is 1. The van der Waals surface area contributed by atoms with Crippen molar-refractivity contribution in [1.82, 2.24) is 14.5 Å². The first-order chi connectivity index (χ1) is 17.1. The number of pyridine rings is 1. The van der Waals surface area contributed by atoms with Crippen LogP contribution in [0.1, 0.15) is 56.6 Å². The van der Waals surface area contributed by atoms with Crippen LogP contribution in [0, 0.1) is 5.82 Å². The second kappa shape index (κ2) is 11.8. The van der Waals surface area contributed by atoms with Crippen molar-refractivity contribution in [1.29, 1.82) is 0 Å².